The number of piperazine rings is 1. The maximum atomic E-state index is 14.5. The van der Waals surface area contributed by atoms with Gasteiger partial charge in [0.2, 0.25) is 5.78 Å². The highest BCUT2D eigenvalue weighted by atomic mass is 19.1. The first-order valence-electron chi connectivity index (χ1n) is 15.2. The Kier molecular flexibility index (Phi) is 9.24. The zero-order valence-corrected chi connectivity index (χ0v) is 25.6. The van der Waals surface area contributed by atoms with Crippen LogP contribution in [0.4, 0.5) is 18.9 Å². The minimum Gasteiger partial charge on any atom is -0.507 e. The van der Waals surface area contributed by atoms with Gasteiger partial charge in [-0.1, -0.05) is 30.3 Å². The molecule has 0 unspecified atom stereocenters. The van der Waals surface area contributed by atoms with Gasteiger partial charge in [-0.15, -0.1) is 0 Å². The van der Waals surface area contributed by atoms with E-state index >= 15 is 0 Å². The van der Waals surface area contributed by atoms with Gasteiger partial charge < -0.3 is 19.5 Å². The molecule has 0 atom stereocenters. The number of anilines is 1. The van der Waals surface area contributed by atoms with Crippen LogP contribution in [0, 0.1) is 17.5 Å². The lowest BCUT2D eigenvalue weighted by atomic mass is 10.0. The van der Waals surface area contributed by atoms with Crippen molar-refractivity contribution in [3.63, 3.8) is 0 Å². The number of aliphatic hydroxyl groups excluding tert-OH is 1. The number of amides is 1. The van der Waals surface area contributed by atoms with Crippen LogP contribution >= 0.6 is 0 Å². The van der Waals surface area contributed by atoms with Crippen LogP contribution in [-0.4, -0.2) is 62.2 Å². The molecule has 1 amide bonds. The topological polar surface area (TPSA) is 101 Å². The second-order valence-corrected chi connectivity index (χ2v) is 11.3. The molecule has 244 valence electrons. The molecule has 1 fully saturated rings. The third-order valence-corrected chi connectivity index (χ3v) is 8.13. The van der Waals surface area contributed by atoms with Crippen molar-refractivity contribution in [2.45, 2.75) is 13.0 Å². The SMILES string of the molecule is O=C(C=C(O)c1cc(Cc2c(F)cc(F)cc2F)cn(Cc2ccccc2)c1=O)C(=O)N1CCN(c2ccc(-n3cccn3)cc2)CC1. The number of hydrogen-bond donors (Lipinski definition) is 1. The van der Waals surface area contributed by atoms with Crippen molar-refractivity contribution >= 4 is 23.1 Å². The predicted molar refractivity (Wildman–Crippen MR) is 173 cm³/mol. The molecule has 6 rings (SSSR count). The number of aliphatic hydroxyl groups is 1. The second-order valence-electron chi connectivity index (χ2n) is 11.3. The maximum Gasteiger partial charge on any atom is 0.294 e. The Morgan fingerprint density at radius 3 is 2.15 bits per heavy atom. The number of rotatable bonds is 9. The maximum absolute atomic E-state index is 14.5. The summed E-state index contributed by atoms with van der Waals surface area (Å²) in [5.74, 6) is -5.93. The Morgan fingerprint density at radius 1 is 0.833 bits per heavy atom. The molecule has 0 saturated carbocycles. The van der Waals surface area contributed by atoms with Gasteiger partial charge in [0.1, 0.15) is 23.2 Å². The molecular weight excluding hydrogens is 623 g/mol. The second kappa shape index (κ2) is 13.8. The van der Waals surface area contributed by atoms with Crippen LogP contribution < -0.4 is 10.5 Å². The van der Waals surface area contributed by atoms with Crippen molar-refractivity contribution in [2.24, 2.45) is 0 Å². The molecule has 0 aliphatic carbocycles. The lowest BCUT2D eigenvalue weighted by Crippen LogP contribution is -2.50. The van der Waals surface area contributed by atoms with Gasteiger partial charge in [-0.2, -0.15) is 5.10 Å². The summed E-state index contributed by atoms with van der Waals surface area (Å²) in [5, 5.41) is 15.2. The molecule has 5 aromatic rings. The quantitative estimate of drug-likeness (QED) is 0.138. The van der Waals surface area contributed by atoms with E-state index in [9.17, 15) is 32.7 Å². The van der Waals surface area contributed by atoms with E-state index in [1.165, 1.54) is 21.7 Å². The van der Waals surface area contributed by atoms with E-state index in [1.54, 1.807) is 41.2 Å². The van der Waals surface area contributed by atoms with Crippen molar-refractivity contribution in [1.82, 2.24) is 19.2 Å². The van der Waals surface area contributed by atoms with Gasteiger partial charge in [-0.3, -0.25) is 14.4 Å². The first kappa shape index (κ1) is 32.0. The van der Waals surface area contributed by atoms with E-state index in [0.717, 1.165) is 16.9 Å². The molecule has 1 saturated heterocycles. The smallest absolute Gasteiger partial charge is 0.294 e. The van der Waals surface area contributed by atoms with Crippen molar-refractivity contribution < 1.29 is 27.9 Å². The normalized spacial score (nSPS) is 13.5. The Hall–Kier alpha value is -5.91. The molecule has 48 heavy (non-hydrogen) atoms. The van der Waals surface area contributed by atoms with E-state index < -0.39 is 46.0 Å². The molecule has 1 aliphatic heterocycles. The van der Waals surface area contributed by atoms with Gasteiger partial charge in [0, 0.05) is 80.6 Å². The number of carbonyl (C=O) groups excluding carboxylic acids is 2. The van der Waals surface area contributed by atoms with Crippen LogP contribution in [0.5, 0.6) is 0 Å². The number of aromatic nitrogens is 3. The zero-order valence-electron chi connectivity index (χ0n) is 25.6. The largest absolute Gasteiger partial charge is 0.507 e. The Bertz CT molecular complexity index is 2010. The highest BCUT2D eigenvalue weighted by molar-refractivity contribution is 6.41. The Balaban J connectivity index is 1.19. The standard InChI is InChI=1S/C36H30F3N5O4/c37-26-19-31(38)29(32(39)20-26)17-25-18-30(35(47)43(23-25)22-24-5-2-1-3-6-24)33(45)21-34(46)36(48)42-15-13-41(14-16-42)27-7-9-28(10-8-27)44-12-4-11-40-44/h1-12,18-21,23,45H,13-17,22H2. The fourth-order valence-corrected chi connectivity index (χ4v) is 5.65. The number of halogens is 3. The Labute approximate surface area is 273 Å². The highest BCUT2D eigenvalue weighted by Gasteiger charge is 2.26. The summed E-state index contributed by atoms with van der Waals surface area (Å²) in [6, 6.07) is 20.8. The predicted octanol–water partition coefficient (Wildman–Crippen LogP) is 4.91. The third-order valence-electron chi connectivity index (χ3n) is 8.13. The van der Waals surface area contributed by atoms with Crippen LogP contribution in [-0.2, 0) is 22.6 Å². The molecule has 0 bridgehead atoms. The number of nitrogens with zero attached hydrogens (tertiary/aromatic N) is 5. The summed E-state index contributed by atoms with van der Waals surface area (Å²) >= 11 is 0. The van der Waals surface area contributed by atoms with Crippen LogP contribution in [0.1, 0.15) is 22.3 Å². The van der Waals surface area contributed by atoms with Crippen molar-refractivity contribution in [2.75, 3.05) is 31.1 Å². The highest BCUT2D eigenvalue weighted by Crippen LogP contribution is 2.22. The number of pyridine rings is 1. The molecule has 3 aromatic carbocycles. The molecule has 2 aromatic heterocycles. The van der Waals surface area contributed by atoms with Gasteiger partial charge in [0.15, 0.2) is 0 Å². The molecule has 9 nitrogen and oxygen atoms in total. The van der Waals surface area contributed by atoms with E-state index in [1.807, 2.05) is 36.5 Å². The lowest BCUT2D eigenvalue weighted by Gasteiger charge is -2.35. The molecule has 0 spiro atoms. The number of benzene rings is 3. The van der Waals surface area contributed by atoms with E-state index in [-0.39, 0.29) is 37.2 Å². The van der Waals surface area contributed by atoms with E-state index in [0.29, 0.717) is 31.3 Å². The van der Waals surface area contributed by atoms with Crippen molar-refractivity contribution in [3.05, 3.63) is 154 Å². The monoisotopic (exact) mass is 653 g/mol. The summed E-state index contributed by atoms with van der Waals surface area (Å²) in [6.07, 6.45) is 5.23. The van der Waals surface area contributed by atoms with Crippen molar-refractivity contribution in [3.8, 4) is 5.69 Å². The summed E-state index contributed by atoms with van der Waals surface area (Å²) in [5.41, 5.74) is 1.33. The van der Waals surface area contributed by atoms with E-state index in [2.05, 4.69) is 10.00 Å². The Morgan fingerprint density at radius 2 is 1.50 bits per heavy atom. The van der Waals surface area contributed by atoms with Crippen LogP contribution in [0.3, 0.4) is 0 Å². The average Bonchev–Trinajstić information content (AvgIpc) is 3.63. The number of ketones is 1. The zero-order chi connectivity index (χ0) is 33.8. The summed E-state index contributed by atoms with van der Waals surface area (Å²) in [4.78, 5) is 43.0. The molecule has 3 heterocycles. The summed E-state index contributed by atoms with van der Waals surface area (Å²) in [6.45, 7) is 1.50. The van der Waals surface area contributed by atoms with E-state index in [4.69, 9.17) is 0 Å². The molecule has 1 aliphatic rings. The molecule has 12 heteroatoms. The van der Waals surface area contributed by atoms with Gasteiger partial charge in [0.05, 0.1) is 17.8 Å². The van der Waals surface area contributed by atoms with Gasteiger partial charge in [-0.25, -0.2) is 17.9 Å². The minimum atomic E-state index is -1.11. The van der Waals surface area contributed by atoms with Crippen LogP contribution in [0.2, 0.25) is 0 Å². The third kappa shape index (κ3) is 7.07. The van der Waals surface area contributed by atoms with Gasteiger partial charge >= 0.3 is 0 Å². The fraction of sp³-hybridized carbons (Fsp3) is 0.167. The van der Waals surface area contributed by atoms with Crippen LogP contribution in [0.15, 0.2) is 108 Å². The minimum absolute atomic E-state index is 0.0469. The average molecular weight is 654 g/mol. The first-order valence-corrected chi connectivity index (χ1v) is 15.2. The van der Waals surface area contributed by atoms with Gasteiger partial charge in [-0.05, 0) is 47.5 Å². The summed E-state index contributed by atoms with van der Waals surface area (Å²) < 4.78 is 45.5. The summed E-state index contributed by atoms with van der Waals surface area (Å²) in [7, 11) is 0. The lowest BCUT2D eigenvalue weighted by molar-refractivity contribution is -0.142. The number of carbonyl (C=O) groups is 2. The van der Waals surface area contributed by atoms with Crippen LogP contribution in [0.25, 0.3) is 11.4 Å². The fourth-order valence-electron chi connectivity index (χ4n) is 5.65. The number of hydrogen-bond acceptors (Lipinski definition) is 6. The first-order chi connectivity index (χ1) is 23.2. The van der Waals surface area contributed by atoms with Crippen molar-refractivity contribution in [1.29, 1.82) is 0 Å². The molecular formula is C36H30F3N5O4. The van der Waals surface area contributed by atoms with Gasteiger partial charge in [0.25, 0.3) is 11.5 Å². The molecule has 1 N–H and O–H groups in total. The molecule has 0 radical (unpaired) electrons.